The van der Waals surface area contributed by atoms with Crippen molar-refractivity contribution in [2.75, 3.05) is 0 Å². The maximum atomic E-state index is 12.3. The lowest BCUT2D eigenvalue weighted by Crippen LogP contribution is -2.07. The lowest BCUT2D eigenvalue weighted by atomic mass is 10.3. The van der Waals surface area contributed by atoms with Crippen LogP contribution in [0.3, 0.4) is 0 Å². The van der Waals surface area contributed by atoms with Crippen molar-refractivity contribution in [3.63, 3.8) is 0 Å². The Balaban J connectivity index is 3.14. The second-order valence-corrected chi connectivity index (χ2v) is 2.39. The van der Waals surface area contributed by atoms with Crippen LogP contribution in [0.4, 0.5) is 17.6 Å². The molecule has 0 aliphatic rings. The van der Waals surface area contributed by atoms with E-state index in [1.165, 1.54) is 0 Å². The average molecular weight is 200 g/mol. The van der Waals surface area contributed by atoms with Gasteiger partial charge in [-0.05, 0) is 6.07 Å². The van der Waals surface area contributed by atoms with Crippen LogP contribution in [0.2, 0.25) is 5.02 Å². The maximum Gasteiger partial charge on any atom is 0.433 e. The van der Waals surface area contributed by atoms with Gasteiger partial charge in [-0.25, -0.2) is 9.37 Å². The third-order valence-electron chi connectivity index (χ3n) is 1.10. The second-order valence-electron chi connectivity index (χ2n) is 1.98. The number of nitrogens with zero attached hydrogens (tertiary/aromatic N) is 1. The van der Waals surface area contributed by atoms with Crippen LogP contribution in [-0.4, -0.2) is 4.98 Å². The molecule has 1 heterocycles. The molecule has 0 saturated heterocycles. The van der Waals surface area contributed by atoms with Gasteiger partial charge >= 0.3 is 6.18 Å². The molecular formula is C6H2ClF4N. The molecule has 0 amide bonds. The Labute approximate surface area is 70.0 Å². The highest BCUT2D eigenvalue weighted by Crippen LogP contribution is 2.29. The molecule has 1 rings (SSSR count). The van der Waals surface area contributed by atoms with Crippen molar-refractivity contribution in [1.82, 2.24) is 4.98 Å². The van der Waals surface area contributed by atoms with E-state index in [0.717, 1.165) is 0 Å². The molecule has 1 nitrogen and oxygen atoms in total. The third-order valence-corrected chi connectivity index (χ3v) is 1.39. The van der Waals surface area contributed by atoms with E-state index in [-0.39, 0.29) is 0 Å². The van der Waals surface area contributed by atoms with Crippen molar-refractivity contribution in [3.05, 3.63) is 28.8 Å². The van der Waals surface area contributed by atoms with Crippen LogP contribution < -0.4 is 0 Å². The minimum atomic E-state index is -4.59. The van der Waals surface area contributed by atoms with Crippen LogP contribution in [0, 0.1) is 5.82 Å². The average Bonchev–Trinajstić information content (AvgIpc) is 1.92. The monoisotopic (exact) mass is 199 g/mol. The Morgan fingerprint density at radius 2 is 1.92 bits per heavy atom. The summed E-state index contributed by atoms with van der Waals surface area (Å²) in [5.74, 6) is -0.968. The van der Waals surface area contributed by atoms with E-state index in [9.17, 15) is 17.6 Å². The number of aromatic nitrogens is 1. The van der Waals surface area contributed by atoms with E-state index >= 15 is 0 Å². The first kappa shape index (κ1) is 9.25. The summed E-state index contributed by atoms with van der Waals surface area (Å²) in [6.07, 6.45) is -4.15. The quantitative estimate of drug-likeness (QED) is 0.586. The van der Waals surface area contributed by atoms with E-state index in [2.05, 4.69) is 4.98 Å². The van der Waals surface area contributed by atoms with Gasteiger partial charge in [-0.3, -0.25) is 0 Å². The molecule has 0 atom stereocenters. The standard InChI is InChI=1S/C6H2ClF4N/c7-3-1-5(6(9,10)11)12-2-4(3)8/h1-2H. The summed E-state index contributed by atoms with van der Waals surface area (Å²) in [5, 5.41) is -0.586. The van der Waals surface area contributed by atoms with E-state index in [4.69, 9.17) is 11.6 Å². The minimum absolute atomic E-state index is 0.436. The summed E-state index contributed by atoms with van der Waals surface area (Å²) in [6.45, 7) is 0. The van der Waals surface area contributed by atoms with E-state index < -0.39 is 22.7 Å². The fourth-order valence-corrected chi connectivity index (χ4v) is 0.721. The van der Waals surface area contributed by atoms with Crippen molar-refractivity contribution in [2.24, 2.45) is 0 Å². The summed E-state index contributed by atoms with van der Waals surface area (Å²) in [5.41, 5.74) is -1.20. The predicted octanol–water partition coefficient (Wildman–Crippen LogP) is 2.89. The summed E-state index contributed by atoms with van der Waals surface area (Å²) in [4.78, 5) is 2.83. The van der Waals surface area contributed by atoms with Crippen LogP contribution in [0.1, 0.15) is 5.69 Å². The highest BCUT2D eigenvalue weighted by Gasteiger charge is 2.32. The second kappa shape index (κ2) is 2.90. The van der Waals surface area contributed by atoms with Crippen LogP contribution in [0.15, 0.2) is 12.3 Å². The molecule has 66 valence electrons. The number of hydrogen-bond acceptors (Lipinski definition) is 1. The highest BCUT2D eigenvalue weighted by molar-refractivity contribution is 6.30. The first-order valence-corrected chi connectivity index (χ1v) is 3.17. The molecule has 0 aliphatic carbocycles. The molecule has 0 aliphatic heterocycles. The van der Waals surface area contributed by atoms with Gasteiger partial charge in [0.2, 0.25) is 0 Å². The lowest BCUT2D eigenvalue weighted by Gasteiger charge is -2.04. The van der Waals surface area contributed by atoms with Crippen molar-refractivity contribution in [3.8, 4) is 0 Å². The Morgan fingerprint density at radius 3 is 2.33 bits per heavy atom. The summed E-state index contributed by atoms with van der Waals surface area (Å²) < 4.78 is 47.9. The highest BCUT2D eigenvalue weighted by atomic mass is 35.5. The molecule has 1 aromatic rings. The normalized spacial score (nSPS) is 11.8. The molecule has 0 spiro atoms. The first-order valence-electron chi connectivity index (χ1n) is 2.79. The van der Waals surface area contributed by atoms with Crippen molar-refractivity contribution >= 4 is 11.6 Å². The SMILES string of the molecule is Fc1cnc(C(F)(F)F)cc1Cl. The first-order chi connectivity index (χ1) is 5.41. The molecule has 0 N–H and O–H groups in total. The van der Waals surface area contributed by atoms with Gasteiger partial charge in [0.15, 0.2) is 5.82 Å². The fraction of sp³-hybridized carbons (Fsp3) is 0.167. The van der Waals surface area contributed by atoms with Crippen LogP contribution in [0.5, 0.6) is 0 Å². The molecule has 0 aromatic carbocycles. The van der Waals surface area contributed by atoms with Crippen LogP contribution >= 0.6 is 11.6 Å². The minimum Gasteiger partial charge on any atom is -0.249 e. The predicted molar refractivity (Wildman–Crippen MR) is 34.2 cm³/mol. The van der Waals surface area contributed by atoms with E-state index in [0.29, 0.717) is 12.3 Å². The van der Waals surface area contributed by atoms with Gasteiger partial charge in [0.1, 0.15) is 5.69 Å². The van der Waals surface area contributed by atoms with Gasteiger partial charge in [-0.1, -0.05) is 11.6 Å². The molecule has 6 heteroatoms. The van der Waals surface area contributed by atoms with Crippen LogP contribution in [-0.2, 0) is 6.18 Å². The number of hydrogen-bond donors (Lipinski definition) is 0. The molecule has 1 aromatic heterocycles. The molecule has 12 heavy (non-hydrogen) atoms. The number of alkyl halides is 3. The Hall–Kier alpha value is -0.840. The molecule has 0 unspecified atom stereocenters. The number of halogens is 5. The zero-order valence-electron chi connectivity index (χ0n) is 5.49. The van der Waals surface area contributed by atoms with E-state index in [1.54, 1.807) is 0 Å². The van der Waals surface area contributed by atoms with Crippen molar-refractivity contribution in [1.29, 1.82) is 0 Å². The summed E-state index contributed by atoms with van der Waals surface area (Å²) in [6, 6.07) is 0.441. The van der Waals surface area contributed by atoms with Crippen molar-refractivity contribution in [2.45, 2.75) is 6.18 Å². The molecule has 0 bridgehead atoms. The smallest absolute Gasteiger partial charge is 0.249 e. The van der Waals surface area contributed by atoms with Gasteiger partial charge in [0.25, 0.3) is 0 Å². The third kappa shape index (κ3) is 1.85. The largest absolute Gasteiger partial charge is 0.433 e. The van der Waals surface area contributed by atoms with Gasteiger partial charge < -0.3 is 0 Å². The number of rotatable bonds is 0. The zero-order valence-corrected chi connectivity index (χ0v) is 6.25. The molecule has 0 radical (unpaired) electrons. The Bertz CT molecular complexity index is 296. The van der Waals surface area contributed by atoms with Gasteiger partial charge in [0, 0.05) is 0 Å². The van der Waals surface area contributed by atoms with Crippen LogP contribution in [0.25, 0.3) is 0 Å². The summed E-state index contributed by atoms with van der Waals surface area (Å²) >= 11 is 5.10. The van der Waals surface area contributed by atoms with Gasteiger partial charge in [-0.2, -0.15) is 13.2 Å². The Morgan fingerprint density at radius 1 is 1.33 bits per heavy atom. The van der Waals surface area contributed by atoms with E-state index in [1.807, 2.05) is 0 Å². The van der Waals surface area contributed by atoms with Gasteiger partial charge in [0.05, 0.1) is 11.2 Å². The molecular weight excluding hydrogens is 198 g/mol. The summed E-state index contributed by atoms with van der Waals surface area (Å²) in [7, 11) is 0. The lowest BCUT2D eigenvalue weighted by molar-refractivity contribution is -0.141. The molecule has 0 fully saturated rings. The topological polar surface area (TPSA) is 12.9 Å². The van der Waals surface area contributed by atoms with Crippen molar-refractivity contribution < 1.29 is 17.6 Å². The number of pyridine rings is 1. The van der Waals surface area contributed by atoms with Gasteiger partial charge in [-0.15, -0.1) is 0 Å². The fourth-order valence-electron chi connectivity index (χ4n) is 0.569. The zero-order chi connectivity index (χ0) is 9.35. The maximum absolute atomic E-state index is 12.3. The molecule has 0 saturated carbocycles. The Kier molecular flexibility index (Phi) is 2.23.